The van der Waals surface area contributed by atoms with Crippen LogP contribution in [0.1, 0.15) is 6.42 Å². The number of carboxylic acid groups (broad SMARTS) is 1. The maximum Gasteiger partial charge on any atom is 0.490 e. The summed E-state index contributed by atoms with van der Waals surface area (Å²) >= 11 is 0. The van der Waals surface area contributed by atoms with Crippen LogP contribution in [0.15, 0.2) is 35.1 Å². The van der Waals surface area contributed by atoms with Crippen molar-refractivity contribution in [2.75, 3.05) is 40.3 Å². The Balaban J connectivity index is 0.000000675. The van der Waals surface area contributed by atoms with Gasteiger partial charge in [0.2, 0.25) is 21.8 Å². The van der Waals surface area contributed by atoms with Crippen LogP contribution in [0.4, 0.5) is 17.6 Å². The van der Waals surface area contributed by atoms with Crippen molar-refractivity contribution in [2.24, 2.45) is 11.7 Å². The molecule has 1 saturated heterocycles. The number of nitrogens with two attached hydrogens (primary N) is 1. The first kappa shape index (κ1) is 28.3. The van der Waals surface area contributed by atoms with Gasteiger partial charge >= 0.3 is 12.1 Å². The predicted octanol–water partition coefficient (Wildman–Crippen LogP) is 1.00. The number of rotatable bonds is 7. The molecular formula is C18H24F4N4O6S. The highest BCUT2D eigenvalue weighted by atomic mass is 32.2. The predicted molar refractivity (Wildman–Crippen MR) is 107 cm³/mol. The number of ether oxygens (including phenoxy) is 1. The zero-order valence-corrected chi connectivity index (χ0v) is 18.6. The summed E-state index contributed by atoms with van der Waals surface area (Å²) in [5.74, 6) is -3.01. The Bertz CT molecular complexity index is 952. The van der Waals surface area contributed by atoms with Gasteiger partial charge in [0.05, 0.1) is 18.4 Å². The van der Waals surface area contributed by atoms with Gasteiger partial charge in [-0.25, -0.2) is 22.6 Å². The smallest absolute Gasteiger partial charge is 0.475 e. The van der Waals surface area contributed by atoms with E-state index in [1.165, 1.54) is 27.5 Å². The van der Waals surface area contributed by atoms with E-state index in [-0.39, 0.29) is 54.4 Å². The molecular weight excluding hydrogens is 476 g/mol. The second-order valence-electron chi connectivity index (χ2n) is 6.98. The third kappa shape index (κ3) is 8.25. The lowest BCUT2D eigenvalue weighted by Crippen LogP contribution is -2.34. The molecule has 0 aromatic carbocycles. The van der Waals surface area contributed by atoms with Crippen LogP contribution in [0.2, 0.25) is 0 Å². The van der Waals surface area contributed by atoms with Crippen molar-refractivity contribution < 1.29 is 45.4 Å². The number of halogens is 4. The van der Waals surface area contributed by atoms with E-state index in [1.807, 2.05) is 0 Å². The van der Waals surface area contributed by atoms with Crippen molar-refractivity contribution in [1.82, 2.24) is 14.2 Å². The normalized spacial score (nSPS) is 17.2. The Labute approximate surface area is 187 Å². The van der Waals surface area contributed by atoms with E-state index >= 15 is 0 Å². The Morgan fingerprint density at radius 3 is 2.39 bits per heavy atom. The van der Waals surface area contributed by atoms with Crippen LogP contribution in [0.3, 0.4) is 0 Å². The summed E-state index contributed by atoms with van der Waals surface area (Å²) in [5, 5.41) is 7.12. The lowest BCUT2D eigenvalue weighted by Gasteiger charge is -2.18. The Morgan fingerprint density at radius 2 is 1.97 bits per heavy atom. The van der Waals surface area contributed by atoms with Crippen LogP contribution >= 0.6 is 0 Å². The molecule has 3 N–H and O–H groups in total. The van der Waals surface area contributed by atoms with Crippen LogP contribution < -0.4 is 10.5 Å². The van der Waals surface area contributed by atoms with Gasteiger partial charge in [-0.05, 0) is 12.5 Å². The van der Waals surface area contributed by atoms with Crippen molar-refractivity contribution in [3.63, 3.8) is 0 Å². The molecule has 0 aliphatic carbocycles. The topological polar surface area (TPSA) is 143 Å². The molecule has 1 fully saturated rings. The lowest BCUT2D eigenvalue weighted by molar-refractivity contribution is -0.192. The zero-order valence-electron chi connectivity index (χ0n) is 17.7. The second-order valence-corrected chi connectivity index (χ2v) is 8.91. The van der Waals surface area contributed by atoms with Gasteiger partial charge in [-0.15, -0.1) is 0 Å². The van der Waals surface area contributed by atoms with Crippen molar-refractivity contribution >= 4 is 21.9 Å². The Morgan fingerprint density at radius 1 is 1.36 bits per heavy atom. The highest BCUT2D eigenvalue weighted by molar-refractivity contribution is 7.89. The second kappa shape index (κ2) is 11.9. The minimum Gasteiger partial charge on any atom is -0.475 e. The standard InChI is InChI=1S/C16H23FN4O4S.C2HF3O2/c1-20(2)16(22)13-5-6-21(10-13)26(23,24)14-3-4-15(19-9-14)25-11-12(7-17)8-18;3-2(4,5)1(6)7/h3-4,7,9,13H,5-6,8,10-11,18H2,1-2H3;(H,6,7)/b12-7+;/t13-;/m0./s1. The molecule has 0 radical (unpaired) electrons. The molecule has 15 heteroatoms. The highest BCUT2D eigenvalue weighted by Gasteiger charge is 2.38. The van der Waals surface area contributed by atoms with Crippen molar-refractivity contribution in [2.45, 2.75) is 17.5 Å². The molecule has 1 aromatic rings. The van der Waals surface area contributed by atoms with E-state index in [0.717, 1.165) is 0 Å². The summed E-state index contributed by atoms with van der Waals surface area (Å²) in [6, 6.07) is 2.78. The van der Waals surface area contributed by atoms with Gasteiger partial charge in [-0.3, -0.25) is 4.79 Å². The van der Waals surface area contributed by atoms with Crippen LogP contribution in [0, 0.1) is 5.92 Å². The van der Waals surface area contributed by atoms with Gasteiger partial charge in [0.1, 0.15) is 11.5 Å². The molecule has 0 spiro atoms. The first-order valence-electron chi connectivity index (χ1n) is 9.32. The first-order valence-corrected chi connectivity index (χ1v) is 10.8. The van der Waals surface area contributed by atoms with Gasteiger partial charge in [-0.2, -0.15) is 17.5 Å². The quantitative estimate of drug-likeness (QED) is 0.528. The third-order valence-corrected chi connectivity index (χ3v) is 6.20. The van der Waals surface area contributed by atoms with Gasteiger partial charge in [-0.1, -0.05) is 0 Å². The number of carbonyl (C=O) groups excluding carboxylic acids is 1. The molecule has 33 heavy (non-hydrogen) atoms. The molecule has 1 aromatic heterocycles. The molecule has 1 atom stereocenters. The number of carboxylic acids is 1. The average molecular weight is 500 g/mol. The zero-order chi connectivity index (χ0) is 25.4. The van der Waals surface area contributed by atoms with E-state index < -0.39 is 22.2 Å². The number of sulfonamides is 1. The molecule has 186 valence electrons. The van der Waals surface area contributed by atoms with Gasteiger partial charge in [0.25, 0.3) is 0 Å². The maximum absolute atomic E-state index is 12.7. The fraction of sp³-hybridized carbons (Fsp3) is 0.500. The van der Waals surface area contributed by atoms with Gasteiger partial charge in [0.15, 0.2) is 0 Å². The third-order valence-electron chi connectivity index (χ3n) is 4.35. The molecule has 2 heterocycles. The fourth-order valence-corrected chi connectivity index (χ4v) is 4.01. The van der Waals surface area contributed by atoms with Crippen LogP contribution in [-0.2, 0) is 19.6 Å². The number of hydrogen-bond acceptors (Lipinski definition) is 7. The van der Waals surface area contributed by atoms with Gasteiger partial charge in [0, 0.05) is 45.4 Å². The molecule has 10 nitrogen and oxygen atoms in total. The van der Waals surface area contributed by atoms with Crippen molar-refractivity contribution in [1.29, 1.82) is 0 Å². The minimum absolute atomic E-state index is 0.0166. The number of aliphatic carboxylic acids is 1. The highest BCUT2D eigenvalue weighted by Crippen LogP contribution is 2.25. The molecule has 1 aliphatic heterocycles. The number of hydrogen-bond donors (Lipinski definition) is 2. The van der Waals surface area contributed by atoms with Crippen LogP contribution in [-0.4, -0.2) is 86.1 Å². The van der Waals surface area contributed by atoms with E-state index in [2.05, 4.69) is 4.98 Å². The van der Waals surface area contributed by atoms with Crippen LogP contribution in [0.25, 0.3) is 0 Å². The SMILES string of the molecule is CN(C)C(=O)[C@H]1CCN(S(=O)(=O)c2ccc(OC/C(=C/F)CN)nc2)C1.O=C(O)C(F)(F)F. The lowest BCUT2D eigenvalue weighted by atomic mass is 10.1. The van der Waals surface area contributed by atoms with Crippen molar-refractivity contribution in [3.8, 4) is 5.88 Å². The summed E-state index contributed by atoms with van der Waals surface area (Å²) in [4.78, 5) is 26.3. The number of nitrogens with zero attached hydrogens (tertiary/aromatic N) is 3. The largest absolute Gasteiger partial charge is 0.490 e. The van der Waals surface area contributed by atoms with Crippen LogP contribution in [0.5, 0.6) is 5.88 Å². The number of alkyl halides is 3. The average Bonchev–Trinajstić information content (AvgIpc) is 3.25. The van der Waals surface area contributed by atoms with E-state index in [9.17, 15) is 30.8 Å². The Hall–Kier alpha value is -2.78. The molecule has 2 rings (SSSR count). The molecule has 1 amide bonds. The maximum atomic E-state index is 12.7. The number of carbonyl (C=O) groups is 2. The number of amides is 1. The minimum atomic E-state index is -5.08. The monoisotopic (exact) mass is 500 g/mol. The fourth-order valence-electron chi connectivity index (χ4n) is 2.57. The first-order chi connectivity index (χ1) is 15.2. The molecule has 0 bridgehead atoms. The summed E-state index contributed by atoms with van der Waals surface area (Å²) in [5.41, 5.74) is 5.59. The number of aromatic nitrogens is 1. The summed E-state index contributed by atoms with van der Waals surface area (Å²) in [7, 11) is -0.437. The summed E-state index contributed by atoms with van der Waals surface area (Å²) < 4.78 is 76.1. The molecule has 0 unspecified atom stereocenters. The summed E-state index contributed by atoms with van der Waals surface area (Å²) in [6.45, 7) is 0.391. The van der Waals surface area contributed by atoms with E-state index in [1.54, 1.807) is 14.1 Å². The summed E-state index contributed by atoms with van der Waals surface area (Å²) in [6.07, 6.45) is -3.03. The Kier molecular flexibility index (Phi) is 10.2. The molecule has 0 saturated carbocycles. The van der Waals surface area contributed by atoms with Crippen molar-refractivity contribution in [3.05, 3.63) is 30.2 Å². The van der Waals surface area contributed by atoms with E-state index in [4.69, 9.17) is 20.4 Å². The number of pyridine rings is 1. The molecule has 1 aliphatic rings. The van der Waals surface area contributed by atoms with E-state index in [0.29, 0.717) is 12.8 Å². The van der Waals surface area contributed by atoms with Gasteiger partial charge < -0.3 is 20.5 Å².